The molecule has 2 saturated heterocycles. The van der Waals surface area contributed by atoms with Crippen LogP contribution in [0.3, 0.4) is 0 Å². The number of sulfone groups is 1. The first-order chi connectivity index (χ1) is 10.4. The van der Waals surface area contributed by atoms with Crippen LogP contribution in [-0.4, -0.2) is 80.6 Å². The zero-order valence-electron chi connectivity index (χ0n) is 13.8. The molecule has 7 heteroatoms. The second-order valence-corrected chi connectivity index (χ2v) is 8.89. The summed E-state index contributed by atoms with van der Waals surface area (Å²) in [4.78, 5) is 16.7. The molecule has 6 nitrogen and oxygen atoms in total. The lowest BCUT2D eigenvalue weighted by atomic mass is 10.0. The summed E-state index contributed by atoms with van der Waals surface area (Å²) in [6.45, 7) is 10.0. The molecule has 0 radical (unpaired) electrons. The minimum atomic E-state index is -3.33. The third-order valence-electron chi connectivity index (χ3n) is 4.77. The summed E-state index contributed by atoms with van der Waals surface area (Å²) in [7, 11) is -3.33. The number of likely N-dealkylation sites (tertiary alicyclic amines) is 1. The zero-order valence-corrected chi connectivity index (χ0v) is 14.6. The molecule has 0 aliphatic carbocycles. The molecule has 2 heterocycles. The van der Waals surface area contributed by atoms with Gasteiger partial charge in [-0.25, -0.2) is 8.42 Å². The van der Waals surface area contributed by atoms with Crippen molar-refractivity contribution in [1.82, 2.24) is 9.80 Å². The smallest absolute Gasteiger partial charge is 0.240 e. The molecular formula is C15H28N2O4S. The lowest BCUT2D eigenvalue weighted by Gasteiger charge is -2.34. The SMILES string of the molecule is CCCS(=O)(=O)[C@H](C)C(=O)N1C[C@@H](C)[C@@H](N2CCOCC2)C1. The van der Waals surface area contributed by atoms with E-state index in [1.54, 1.807) is 4.90 Å². The van der Waals surface area contributed by atoms with Crippen LogP contribution in [0.2, 0.25) is 0 Å². The highest BCUT2D eigenvalue weighted by atomic mass is 32.2. The summed E-state index contributed by atoms with van der Waals surface area (Å²) in [6.07, 6.45) is 0.548. The summed E-state index contributed by atoms with van der Waals surface area (Å²) in [5, 5.41) is -0.928. The Kier molecular flexibility index (Phi) is 5.85. The fourth-order valence-corrected chi connectivity index (χ4v) is 4.76. The van der Waals surface area contributed by atoms with Crippen molar-refractivity contribution >= 4 is 15.7 Å². The van der Waals surface area contributed by atoms with Crippen molar-refractivity contribution in [3.05, 3.63) is 0 Å². The van der Waals surface area contributed by atoms with Gasteiger partial charge in [0.15, 0.2) is 9.84 Å². The van der Waals surface area contributed by atoms with E-state index < -0.39 is 15.1 Å². The van der Waals surface area contributed by atoms with E-state index in [-0.39, 0.29) is 11.7 Å². The Bertz CT molecular complexity index is 488. The molecule has 2 rings (SSSR count). The standard InChI is InChI=1S/C15H28N2O4S/c1-4-9-22(19,20)13(3)15(18)17-10-12(2)14(11-17)16-5-7-21-8-6-16/h12-14H,4-11H2,1-3H3/t12-,13-,14+/m1/s1. The van der Waals surface area contributed by atoms with Gasteiger partial charge < -0.3 is 9.64 Å². The number of carbonyl (C=O) groups excluding carboxylic acids is 1. The third-order valence-corrected chi connectivity index (χ3v) is 7.03. The molecule has 128 valence electrons. The molecule has 0 bridgehead atoms. The fraction of sp³-hybridized carbons (Fsp3) is 0.933. The topological polar surface area (TPSA) is 66.9 Å². The molecule has 2 aliphatic heterocycles. The van der Waals surface area contributed by atoms with Gasteiger partial charge in [-0.15, -0.1) is 0 Å². The third kappa shape index (κ3) is 3.81. The Hall–Kier alpha value is -0.660. The molecule has 0 spiro atoms. The lowest BCUT2D eigenvalue weighted by Crippen LogP contribution is -2.47. The Labute approximate surface area is 133 Å². The molecular weight excluding hydrogens is 304 g/mol. The normalized spacial score (nSPS) is 28.8. The molecule has 2 fully saturated rings. The Morgan fingerprint density at radius 2 is 1.91 bits per heavy atom. The second-order valence-electron chi connectivity index (χ2n) is 6.45. The maximum Gasteiger partial charge on any atom is 0.240 e. The maximum atomic E-state index is 12.5. The highest BCUT2D eigenvalue weighted by Gasteiger charge is 2.40. The Balaban J connectivity index is 2.00. The molecule has 22 heavy (non-hydrogen) atoms. The predicted octanol–water partition coefficient (Wildman–Crippen LogP) is 0.379. The van der Waals surface area contributed by atoms with E-state index in [9.17, 15) is 13.2 Å². The highest BCUT2D eigenvalue weighted by Crippen LogP contribution is 2.24. The van der Waals surface area contributed by atoms with E-state index in [4.69, 9.17) is 4.74 Å². The van der Waals surface area contributed by atoms with E-state index in [0.717, 1.165) is 26.3 Å². The number of rotatable bonds is 5. The Morgan fingerprint density at radius 1 is 1.27 bits per heavy atom. The number of nitrogens with zero attached hydrogens (tertiary/aromatic N) is 2. The highest BCUT2D eigenvalue weighted by molar-refractivity contribution is 7.92. The predicted molar refractivity (Wildman–Crippen MR) is 85.5 cm³/mol. The van der Waals surface area contributed by atoms with Gasteiger partial charge in [-0.3, -0.25) is 9.69 Å². The largest absolute Gasteiger partial charge is 0.379 e. The van der Waals surface area contributed by atoms with E-state index in [0.29, 0.717) is 31.5 Å². The second kappa shape index (κ2) is 7.27. The lowest BCUT2D eigenvalue weighted by molar-refractivity contribution is -0.129. The molecule has 3 atom stereocenters. The van der Waals surface area contributed by atoms with Gasteiger partial charge in [-0.2, -0.15) is 0 Å². The van der Waals surface area contributed by atoms with E-state index >= 15 is 0 Å². The summed E-state index contributed by atoms with van der Waals surface area (Å²) in [6, 6.07) is 0.314. The summed E-state index contributed by atoms with van der Waals surface area (Å²) in [5.74, 6) is 0.204. The van der Waals surface area contributed by atoms with Gasteiger partial charge >= 0.3 is 0 Å². The monoisotopic (exact) mass is 332 g/mol. The van der Waals surface area contributed by atoms with Crippen molar-refractivity contribution in [3.63, 3.8) is 0 Å². The number of ether oxygens (including phenoxy) is 1. The molecule has 0 unspecified atom stereocenters. The van der Waals surface area contributed by atoms with Gasteiger partial charge in [-0.05, 0) is 19.3 Å². The average Bonchev–Trinajstić information content (AvgIpc) is 2.88. The quantitative estimate of drug-likeness (QED) is 0.728. The van der Waals surface area contributed by atoms with Gasteiger partial charge in [0, 0.05) is 32.2 Å². The van der Waals surface area contributed by atoms with Crippen LogP contribution in [0.25, 0.3) is 0 Å². The number of hydrogen-bond acceptors (Lipinski definition) is 5. The average molecular weight is 332 g/mol. The van der Waals surface area contributed by atoms with Crippen LogP contribution < -0.4 is 0 Å². The molecule has 0 N–H and O–H groups in total. The van der Waals surface area contributed by atoms with E-state index in [1.165, 1.54) is 6.92 Å². The van der Waals surface area contributed by atoms with Crippen LogP contribution in [0.1, 0.15) is 27.2 Å². The van der Waals surface area contributed by atoms with Gasteiger partial charge in [0.2, 0.25) is 5.91 Å². The number of hydrogen-bond donors (Lipinski definition) is 0. The first-order valence-corrected chi connectivity index (χ1v) is 9.90. The zero-order chi connectivity index (χ0) is 16.3. The summed E-state index contributed by atoms with van der Waals surface area (Å²) in [5.41, 5.74) is 0. The molecule has 0 aromatic rings. The van der Waals surface area contributed by atoms with Crippen molar-refractivity contribution < 1.29 is 17.9 Å². The number of carbonyl (C=O) groups is 1. The maximum absolute atomic E-state index is 12.5. The molecule has 0 saturated carbocycles. The van der Waals surface area contributed by atoms with E-state index in [2.05, 4.69) is 11.8 Å². The van der Waals surface area contributed by atoms with Crippen LogP contribution in [0, 0.1) is 5.92 Å². The number of amides is 1. The molecule has 1 amide bonds. The fourth-order valence-electron chi connectivity index (χ4n) is 3.39. The summed E-state index contributed by atoms with van der Waals surface area (Å²) >= 11 is 0. The van der Waals surface area contributed by atoms with Crippen molar-refractivity contribution in [2.45, 2.75) is 38.5 Å². The molecule has 2 aliphatic rings. The van der Waals surface area contributed by atoms with E-state index in [1.807, 2.05) is 6.92 Å². The Morgan fingerprint density at radius 3 is 2.50 bits per heavy atom. The first-order valence-electron chi connectivity index (χ1n) is 8.19. The first kappa shape index (κ1) is 17.7. The van der Waals surface area contributed by atoms with Crippen molar-refractivity contribution in [2.24, 2.45) is 5.92 Å². The van der Waals surface area contributed by atoms with Crippen molar-refractivity contribution in [2.75, 3.05) is 45.1 Å². The van der Waals surface area contributed by atoms with Crippen LogP contribution in [0.4, 0.5) is 0 Å². The minimum Gasteiger partial charge on any atom is -0.379 e. The van der Waals surface area contributed by atoms with Crippen LogP contribution >= 0.6 is 0 Å². The van der Waals surface area contributed by atoms with Crippen LogP contribution in [0.15, 0.2) is 0 Å². The molecule has 0 aromatic carbocycles. The minimum absolute atomic E-state index is 0.0796. The summed E-state index contributed by atoms with van der Waals surface area (Å²) < 4.78 is 29.6. The van der Waals surface area contributed by atoms with Crippen molar-refractivity contribution in [1.29, 1.82) is 0 Å². The van der Waals surface area contributed by atoms with Gasteiger partial charge in [-0.1, -0.05) is 13.8 Å². The van der Waals surface area contributed by atoms with Gasteiger partial charge in [0.05, 0.1) is 19.0 Å². The number of morpholine rings is 1. The van der Waals surface area contributed by atoms with Crippen LogP contribution in [-0.2, 0) is 19.4 Å². The van der Waals surface area contributed by atoms with Gasteiger partial charge in [0.1, 0.15) is 5.25 Å². The van der Waals surface area contributed by atoms with Crippen molar-refractivity contribution in [3.8, 4) is 0 Å². The van der Waals surface area contributed by atoms with Crippen LogP contribution in [0.5, 0.6) is 0 Å². The molecule has 0 aromatic heterocycles. The van der Waals surface area contributed by atoms with Gasteiger partial charge in [0.25, 0.3) is 0 Å².